The van der Waals surface area contributed by atoms with Gasteiger partial charge in [-0.2, -0.15) is 0 Å². The predicted molar refractivity (Wildman–Crippen MR) is 104 cm³/mol. The van der Waals surface area contributed by atoms with Gasteiger partial charge < -0.3 is 19.3 Å². The molecule has 2 aromatic rings. The molecule has 0 unspecified atom stereocenters. The molecule has 0 aliphatic carbocycles. The summed E-state index contributed by atoms with van der Waals surface area (Å²) < 4.78 is 10.5. The maximum Gasteiger partial charge on any atom is 0.254 e. The van der Waals surface area contributed by atoms with E-state index in [2.05, 4.69) is 4.90 Å². The van der Waals surface area contributed by atoms with Crippen molar-refractivity contribution in [2.24, 2.45) is 0 Å². The average Bonchev–Trinajstić information content (AvgIpc) is 2.69. The molecule has 138 valence electrons. The van der Waals surface area contributed by atoms with E-state index in [9.17, 15) is 4.79 Å². The van der Waals surface area contributed by atoms with Crippen LogP contribution in [0.15, 0.2) is 36.4 Å². The first-order valence-corrected chi connectivity index (χ1v) is 8.99. The van der Waals surface area contributed by atoms with E-state index in [0.29, 0.717) is 40.2 Å². The fourth-order valence-electron chi connectivity index (χ4n) is 2.96. The minimum Gasteiger partial charge on any atom is -0.497 e. The lowest BCUT2D eigenvalue weighted by molar-refractivity contribution is 0.0746. The van der Waals surface area contributed by atoms with Gasteiger partial charge in [-0.25, -0.2) is 0 Å². The third-order valence-electron chi connectivity index (χ3n) is 4.43. The molecule has 1 amide bonds. The number of hydrogen-bond acceptors (Lipinski definition) is 4. The van der Waals surface area contributed by atoms with Crippen LogP contribution in [0.3, 0.4) is 0 Å². The maximum atomic E-state index is 12.8. The topological polar surface area (TPSA) is 42.0 Å². The number of anilines is 1. The summed E-state index contributed by atoms with van der Waals surface area (Å²) in [6.45, 7) is 2.70. The number of carbonyl (C=O) groups is 1. The molecule has 2 aromatic carbocycles. The molecule has 1 saturated heterocycles. The van der Waals surface area contributed by atoms with E-state index in [-0.39, 0.29) is 5.91 Å². The van der Waals surface area contributed by atoms with Crippen molar-refractivity contribution in [3.63, 3.8) is 0 Å². The summed E-state index contributed by atoms with van der Waals surface area (Å²) >= 11 is 12.1. The summed E-state index contributed by atoms with van der Waals surface area (Å²) in [6.07, 6.45) is 0. The zero-order chi connectivity index (χ0) is 18.7. The summed E-state index contributed by atoms with van der Waals surface area (Å²) in [5, 5.41) is 1.07. The van der Waals surface area contributed by atoms with Gasteiger partial charge in [0, 0.05) is 43.5 Å². The smallest absolute Gasteiger partial charge is 0.254 e. The van der Waals surface area contributed by atoms with Gasteiger partial charge in [0.2, 0.25) is 0 Å². The Balaban J connectivity index is 1.69. The first-order chi connectivity index (χ1) is 12.5. The Morgan fingerprint density at radius 2 is 1.50 bits per heavy atom. The van der Waals surface area contributed by atoms with Crippen molar-refractivity contribution in [2.75, 3.05) is 45.3 Å². The Hall–Kier alpha value is -2.11. The van der Waals surface area contributed by atoms with E-state index in [4.69, 9.17) is 32.7 Å². The third kappa shape index (κ3) is 4.00. The molecule has 0 N–H and O–H groups in total. The average molecular weight is 395 g/mol. The molecule has 1 aliphatic rings. The van der Waals surface area contributed by atoms with Crippen LogP contribution in [0, 0.1) is 0 Å². The molecule has 1 aliphatic heterocycles. The number of rotatable bonds is 4. The molecule has 3 rings (SSSR count). The van der Waals surface area contributed by atoms with Gasteiger partial charge in [-0.05, 0) is 30.3 Å². The van der Waals surface area contributed by atoms with E-state index >= 15 is 0 Å². The van der Waals surface area contributed by atoms with Crippen LogP contribution in [0.5, 0.6) is 11.5 Å². The lowest BCUT2D eigenvalue weighted by atomic mass is 10.1. The number of piperazine rings is 1. The molecular formula is C19H20Cl2N2O3. The molecule has 7 heteroatoms. The van der Waals surface area contributed by atoms with Crippen molar-refractivity contribution in [1.82, 2.24) is 4.90 Å². The van der Waals surface area contributed by atoms with Crippen molar-refractivity contribution >= 4 is 34.8 Å². The Kier molecular flexibility index (Phi) is 5.79. The number of ether oxygens (including phenoxy) is 2. The largest absolute Gasteiger partial charge is 0.497 e. The summed E-state index contributed by atoms with van der Waals surface area (Å²) in [4.78, 5) is 16.9. The van der Waals surface area contributed by atoms with Gasteiger partial charge in [-0.3, -0.25) is 4.79 Å². The number of nitrogens with zero attached hydrogens (tertiary/aromatic N) is 2. The molecule has 0 radical (unpaired) electrons. The number of carbonyl (C=O) groups excluding carboxylic acids is 1. The first kappa shape index (κ1) is 18.7. The predicted octanol–water partition coefficient (Wildman–Crippen LogP) is 3.97. The lowest BCUT2D eigenvalue weighted by Crippen LogP contribution is -2.48. The third-order valence-corrected chi connectivity index (χ3v) is 5.17. The van der Waals surface area contributed by atoms with E-state index in [1.54, 1.807) is 38.5 Å². The minimum atomic E-state index is -0.0315. The van der Waals surface area contributed by atoms with Gasteiger partial charge in [0.15, 0.2) is 0 Å². The molecule has 1 fully saturated rings. The SMILES string of the molecule is COc1cc(OC)cc(C(=O)N2CCN(c3ccc(Cl)c(Cl)c3)CC2)c1. The van der Waals surface area contributed by atoms with Crippen LogP contribution in [-0.4, -0.2) is 51.2 Å². The number of benzene rings is 2. The van der Waals surface area contributed by atoms with Gasteiger partial charge in [-0.15, -0.1) is 0 Å². The Morgan fingerprint density at radius 1 is 0.885 bits per heavy atom. The van der Waals surface area contributed by atoms with Crippen LogP contribution >= 0.6 is 23.2 Å². The normalized spacial score (nSPS) is 14.3. The Morgan fingerprint density at radius 3 is 2.04 bits per heavy atom. The summed E-state index contributed by atoms with van der Waals surface area (Å²) in [5.41, 5.74) is 1.57. The van der Waals surface area contributed by atoms with Crippen molar-refractivity contribution in [1.29, 1.82) is 0 Å². The lowest BCUT2D eigenvalue weighted by Gasteiger charge is -2.36. The maximum absolute atomic E-state index is 12.8. The fourth-order valence-corrected chi connectivity index (χ4v) is 3.26. The zero-order valence-corrected chi connectivity index (χ0v) is 16.2. The minimum absolute atomic E-state index is 0.0315. The molecule has 0 atom stereocenters. The second-order valence-corrected chi connectivity index (χ2v) is 6.79. The van der Waals surface area contributed by atoms with Crippen LogP contribution in [0.25, 0.3) is 0 Å². The number of hydrogen-bond donors (Lipinski definition) is 0. The van der Waals surface area contributed by atoms with Gasteiger partial charge >= 0.3 is 0 Å². The molecule has 26 heavy (non-hydrogen) atoms. The molecule has 0 aromatic heterocycles. The van der Waals surface area contributed by atoms with Gasteiger partial charge in [-0.1, -0.05) is 23.2 Å². The Bertz CT molecular complexity index is 783. The van der Waals surface area contributed by atoms with E-state index in [1.807, 2.05) is 17.0 Å². The zero-order valence-electron chi connectivity index (χ0n) is 14.7. The van der Waals surface area contributed by atoms with Gasteiger partial charge in [0.05, 0.1) is 24.3 Å². The van der Waals surface area contributed by atoms with Crippen molar-refractivity contribution in [2.45, 2.75) is 0 Å². The highest BCUT2D eigenvalue weighted by atomic mass is 35.5. The van der Waals surface area contributed by atoms with Crippen molar-refractivity contribution in [3.8, 4) is 11.5 Å². The van der Waals surface area contributed by atoms with Gasteiger partial charge in [0.1, 0.15) is 11.5 Å². The number of amides is 1. The molecular weight excluding hydrogens is 375 g/mol. The van der Waals surface area contributed by atoms with Gasteiger partial charge in [0.25, 0.3) is 5.91 Å². The van der Waals surface area contributed by atoms with Crippen LogP contribution in [0.4, 0.5) is 5.69 Å². The highest BCUT2D eigenvalue weighted by Gasteiger charge is 2.23. The summed E-state index contributed by atoms with van der Waals surface area (Å²) in [6, 6.07) is 10.8. The summed E-state index contributed by atoms with van der Waals surface area (Å²) in [5.74, 6) is 1.17. The first-order valence-electron chi connectivity index (χ1n) is 8.24. The molecule has 0 saturated carbocycles. The van der Waals surface area contributed by atoms with Crippen molar-refractivity contribution in [3.05, 3.63) is 52.0 Å². The fraction of sp³-hybridized carbons (Fsp3) is 0.316. The highest BCUT2D eigenvalue weighted by molar-refractivity contribution is 6.42. The number of halogens is 2. The number of methoxy groups -OCH3 is 2. The molecule has 0 spiro atoms. The van der Waals surface area contributed by atoms with Crippen molar-refractivity contribution < 1.29 is 14.3 Å². The van der Waals surface area contributed by atoms with Crippen LogP contribution < -0.4 is 14.4 Å². The van der Waals surface area contributed by atoms with Crippen LogP contribution in [0.1, 0.15) is 10.4 Å². The highest BCUT2D eigenvalue weighted by Crippen LogP contribution is 2.28. The monoisotopic (exact) mass is 394 g/mol. The van der Waals surface area contributed by atoms with E-state index in [0.717, 1.165) is 18.8 Å². The molecule has 5 nitrogen and oxygen atoms in total. The second kappa shape index (κ2) is 8.06. The Labute approximate surface area is 163 Å². The second-order valence-electron chi connectivity index (χ2n) is 5.98. The van der Waals surface area contributed by atoms with E-state index < -0.39 is 0 Å². The molecule has 0 bridgehead atoms. The van der Waals surface area contributed by atoms with E-state index in [1.165, 1.54) is 0 Å². The standard InChI is InChI=1S/C19H20Cl2N2O3/c1-25-15-9-13(10-16(12-15)26-2)19(24)23-7-5-22(6-8-23)14-3-4-17(20)18(21)11-14/h3-4,9-12H,5-8H2,1-2H3. The van der Waals surface area contributed by atoms with Crippen LogP contribution in [0.2, 0.25) is 10.0 Å². The van der Waals surface area contributed by atoms with Crippen LogP contribution in [-0.2, 0) is 0 Å². The summed E-state index contributed by atoms with van der Waals surface area (Å²) in [7, 11) is 3.14. The molecule has 1 heterocycles. The quantitative estimate of drug-likeness (QED) is 0.786.